The van der Waals surface area contributed by atoms with Gasteiger partial charge in [0.1, 0.15) is 6.61 Å². The summed E-state index contributed by atoms with van der Waals surface area (Å²) >= 11 is 0. The first kappa shape index (κ1) is 9.85. The highest BCUT2D eigenvalue weighted by Crippen LogP contribution is 2.45. The first-order chi connectivity index (χ1) is 7.67. The molecule has 1 aliphatic carbocycles. The fourth-order valence-corrected chi connectivity index (χ4v) is 1.96. The molecule has 1 aliphatic heterocycles. The minimum Gasteiger partial charge on any atom is -0.475 e. The van der Waals surface area contributed by atoms with Crippen LogP contribution in [0.15, 0.2) is 29.3 Å². The Morgan fingerprint density at radius 3 is 2.50 bits per heavy atom. The average Bonchev–Trinajstić information content (AvgIpc) is 2.89. The molecule has 0 spiro atoms. The van der Waals surface area contributed by atoms with E-state index in [4.69, 9.17) is 4.74 Å². The zero-order valence-corrected chi connectivity index (χ0v) is 9.31. The summed E-state index contributed by atoms with van der Waals surface area (Å²) in [6, 6.07) is 8.14. The Bertz CT molecular complexity index is 432. The minimum atomic E-state index is -0.551. The molecule has 1 atom stereocenters. The summed E-state index contributed by atoms with van der Waals surface area (Å²) in [6.07, 6.45) is 1.75. The Morgan fingerprint density at radius 2 is 2.00 bits per heavy atom. The number of aliphatic hydroxyl groups is 1. The van der Waals surface area contributed by atoms with Crippen molar-refractivity contribution in [2.24, 2.45) is 4.99 Å². The number of hydrogen-bond donors (Lipinski definition) is 1. The van der Waals surface area contributed by atoms with Crippen molar-refractivity contribution in [2.75, 3.05) is 6.61 Å². The van der Waals surface area contributed by atoms with Crippen molar-refractivity contribution in [3.05, 3.63) is 35.4 Å². The molecule has 0 bridgehead atoms. The highest BCUT2D eigenvalue weighted by atomic mass is 16.5. The molecular weight excluding hydrogens is 202 g/mol. The lowest BCUT2D eigenvalue weighted by atomic mass is 10.1. The average molecular weight is 217 g/mol. The molecule has 1 heterocycles. The Balaban J connectivity index is 1.85. The van der Waals surface area contributed by atoms with Crippen LogP contribution in [0.1, 0.15) is 30.9 Å². The van der Waals surface area contributed by atoms with Crippen molar-refractivity contribution in [2.45, 2.75) is 31.4 Å². The molecule has 0 radical (unpaired) electrons. The first-order valence-electron chi connectivity index (χ1n) is 5.71. The van der Waals surface area contributed by atoms with E-state index < -0.39 is 5.60 Å². The molecule has 2 aliphatic rings. The Kier molecular flexibility index (Phi) is 2.04. The van der Waals surface area contributed by atoms with Crippen LogP contribution in [0.3, 0.4) is 0 Å². The van der Waals surface area contributed by atoms with Gasteiger partial charge in [-0.1, -0.05) is 12.1 Å². The molecular formula is C13H15NO2. The SMILES string of the molecule is CC1COC(c2ccc(C3(O)CC3)cc2)=N1. The van der Waals surface area contributed by atoms with Gasteiger partial charge in [0.15, 0.2) is 0 Å². The highest BCUT2D eigenvalue weighted by molar-refractivity contribution is 5.95. The lowest BCUT2D eigenvalue weighted by Crippen LogP contribution is -2.06. The van der Waals surface area contributed by atoms with Crippen LogP contribution in [0, 0.1) is 0 Å². The van der Waals surface area contributed by atoms with E-state index in [9.17, 15) is 5.11 Å². The fraction of sp³-hybridized carbons (Fsp3) is 0.462. The van der Waals surface area contributed by atoms with Gasteiger partial charge in [0.25, 0.3) is 0 Å². The molecule has 1 fully saturated rings. The molecule has 3 nitrogen and oxygen atoms in total. The predicted octanol–water partition coefficient (Wildman–Crippen LogP) is 1.83. The van der Waals surface area contributed by atoms with E-state index in [0.717, 1.165) is 29.9 Å². The molecule has 1 aromatic rings. The summed E-state index contributed by atoms with van der Waals surface area (Å²) in [5.41, 5.74) is 1.45. The molecule has 0 saturated heterocycles. The van der Waals surface area contributed by atoms with Crippen LogP contribution in [0.4, 0.5) is 0 Å². The van der Waals surface area contributed by atoms with Crippen LogP contribution in [0.25, 0.3) is 0 Å². The zero-order valence-electron chi connectivity index (χ0n) is 9.31. The van der Waals surface area contributed by atoms with Crippen molar-refractivity contribution in [1.82, 2.24) is 0 Å². The third-order valence-electron chi connectivity index (χ3n) is 3.19. The summed E-state index contributed by atoms with van der Waals surface area (Å²) in [4.78, 5) is 4.40. The topological polar surface area (TPSA) is 41.8 Å². The third kappa shape index (κ3) is 1.61. The minimum absolute atomic E-state index is 0.252. The third-order valence-corrected chi connectivity index (χ3v) is 3.19. The van der Waals surface area contributed by atoms with Crippen LogP contribution in [-0.2, 0) is 10.3 Å². The zero-order chi connectivity index (χ0) is 11.2. The number of benzene rings is 1. The second-order valence-corrected chi connectivity index (χ2v) is 4.70. The summed E-state index contributed by atoms with van der Waals surface area (Å²) in [5, 5.41) is 9.94. The predicted molar refractivity (Wildman–Crippen MR) is 61.5 cm³/mol. The lowest BCUT2D eigenvalue weighted by molar-refractivity contribution is 0.151. The van der Waals surface area contributed by atoms with E-state index >= 15 is 0 Å². The normalized spacial score (nSPS) is 26.1. The maximum atomic E-state index is 9.94. The molecule has 0 amide bonds. The van der Waals surface area contributed by atoms with E-state index in [1.165, 1.54) is 0 Å². The van der Waals surface area contributed by atoms with Gasteiger partial charge in [-0.15, -0.1) is 0 Å². The van der Waals surface area contributed by atoms with Crippen LogP contribution in [0.5, 0.6) is 0 Å². The summed E-state index contributed by atoms with van der Waals surface area (Å²) in [7, 11) is 0. The van der Waals surface area contributed by atoms with E-state index in [1.807, 2.05) is 31.2 Å². The fourth-order valence-electron chi connectivity index (χ4n) is 1.96. The lowest BCUT2D eigenvalue weighted by Gasteiger charge is -2.08. The van der Waals surface area contributed by atoms with Crippen molar-refractivity contribution in [3.8, 4) is 0 Å². The molecule has 16 heavy (non-hydrogen) atoms. The van der Waals surface area contributed by atoms with Gasteiger partial charge in [-0.2, -0.15) is 0 Å². The van der Waals surface area contributed by atoms with Gasteiger partial charge in [0.2, 0.25) is 5.90 Å². The van der Waals surface area contributed by atoms with Crippen molar-refractivity contribution in [3.63, 3.8) is 0 Å². The number of ether oxygens (including phenoxy) is 1. The molecule has 84 valence electrons. The van der Waals surface area contributed by atoms with E-state index in [0.29, 0.717) is 6.61 Å². The number of aliphatic imine (C=N–C) groups is 1. The summed E-state index contributed by atoms with van der Waals surface area (Å²) in [6.45, 7) is 2.70. The first-order valence-corrected chi connectivity index (χ1v) is 5.71. The quantitative estimate of drug-likeness (QED) is 0.821. The van der Waals surface area contributed by atoms with Crippen LogP contribution < -0.4 is 0 Å². The van der Waals surface area contributed by atoms with E-state index in [2.05, 4.69) is 4.99 Å². The smallest absolute Gasteiger partial charge is 0.216 e. The summed E-state index contributed by atoms with van der Waals surface area (Å²) in [5.74, 6) is 0.724. The van der Waals surface area contributed by atoms with E-state index in [1.54, 1.807) is 0 Å². The monoisotopic (exact) mass is 217 g/mol. The second kappa shape index (κ2) is 3.32. The van der Waals surface area contributed by atoms with E-state index in [-0.39, 0.29) is 6.04 Å². The van der Waals surface area contributed by atoms with Crippen LogP contribution in [0.2, 0.25) is 0 Å². The number of rotatable bonds is 2. The van der Waals surface area contributed by atoms with Crippen molar-refractivity contribution < 1.29 is 9.84 Å². The molecule has 3 heteroatoms. The van der Waals surface area contributed by atoms with Gasteiger partial charge in [0, 0.05) is 5.56 Å². The van der Waals surface area contributed by atoms with Gasteiger partial charge in [0.05, 0.1) is 11.6 Å². The largest absolute Gasteiger partial charge is 0.475 e. The maximum absolute atomic E-state index is 9.94. The molecule has 0 aromatic heterocycles. The Labute approximate surface area is 94.8 Å². The number of nitrogens with zero attached hydrogens (tertiary/aromatic N) is 1. The van der Waals surface area contributed by atoms with Crippen molar-refractivity contribution in [1.29, 1.82) is 0 Å². The van der Waals surface area contributed by atoms with Gasteiger partial charge in [-0.05, 0) is 37.5 Å². The molecule has 1 saturated carbocycles. The second-order valence-electron chi connectivity index (χ2n) is 4.70. The highest BCUT2D eigenvalue weighted by Gasteiger charge is 2.41. The van der Waals surface area contributed by atoms with Gasteiger partial charge in [-0.25, -0.2) is 4.99 Å². The van der Waals surface area contributed by atoms with Gasteiger partial charge in [-0.3, -0.25) is 0 Å². The van der Waals surface area contributed by atoms with Crippen LogP contribution in [-0.4, -0.2) is 23.7 Å². The Hall–Kier alpha value is -1.35. The summed E-state index contributed by atoms with van der Waals surface area (Å²) < 4.78 is 5.48. The Morgan fingerprint density at radius 1 is 1.31 bits per heavy atom. The van der Waals surface area contributed by atoms with Gasteiger partial charge >= 0.3 is 0 Å². The molecule has 3 rings (SSSR count). The molecule has 1 unspecified atom stereocenters. The van der Waals surface area contributed by atoms with Crippen LogP contribution >= 0.6 is 0 Å². The molecule has 1 N–H and O–H groups in total. The standard InChI is InChI=1S/C13H15NO2/c1-9-8-16-12(14-9)10-2-4-11(5-3-10)13(15)6-7-13/h2-5,9,15H,6-8H2,1H3. The maximum Gasteiger partial charge on any atom is 0.216 e. The van der Waals surface area contributed by atoms with Gasteiger partial charge < -0.3 is 9.84 Å². The number of hydrogen-bond acceptors (Lipinski definition) is 3. The molecule has 1 aromatic carbocycles. The van der Waals surface area contributed by atoms with Crippen molar-refractivity contribution >= 4 is 5.90 Å².